The molecular weight excluding hydrogens is 270 g/mol. The fourth-order valence-corrected chi connectivity index (χ4v) is 4.42. The monoisotopic (exact) mass is 287 g/mol. The van der Waals surface area contributed by atoms with Gasteiger partial charge in [0.05, 0.1) is 10.9 Å². The quantitative estimate of drug-likeness (QED) is 0.813. The first-order valence-corrected chi connectivity index (χ1v) is 8.11. The summed E-state index contributed by atoms with van der Waals surface area (Å²) in [6, 6.07) is 16.8. The molecule has 0 saturated carbocycles. The molecule has 3 atom stereocenters. The Bertz CT molecular complexity index is 708. The molecule has 0 radical (unpaired) electrons. The molecule has 0 bridgehead atoms. The molecule has 3 rings (SSSR count). The highest BCUT2D eigenvalue weighted by atomic mass is 32.2. The molecule has 1 aliphatic heterocycles. The van der Waals surface area contributed by atoms with Crippen molar-refractivity contribution in [1.82, 2.24) is 4.31 Å². The van der Waals surface area contributed by atoms with Crippen LogP contribution in [-0.4, -0.2) is 18.8 Å². The van der Waals surface area contributed by atoms with E-state index in [1.165, 1.54) is 0 Å². The van der Waals surface area contributed by atoms with Crippen molar-refractivity contribution in [2.45, 2.75) is 30.8 Å². The summed E-state index contributed by atoms with van der Waals surface area (Å²) in [5.41, 5.74) is 2.11. The average Bonchev–Trinajstić information content (AvgIpc) is 3.13. The largest absolute Gasteiger partial charge is 0.243 e. The van der Waals surface area contributed by atoms with Crippen molar-refractivity contribution in [1.29, 1.82) is 0 Å². The van der Waals surface area contributed by atoms with E-state index in [0.29, 0.717) is 4.90 Å². The molecule has 20 heavy (non-hydrogen) atoms. The van der Waals surface area contributed by atoms with Gasteiger partial charge >= 0.3 is 0 Å². The van der Waals surface area contributed by atoms with Gasteiger partial charge in [0, 0.05) is 6.04 Å². The molecule has 2 aromatic carbocycles. The zero-order valence-corrected chi connectivity index (χ0v) is 12.3. The van der Waals surface area contributed by atoms with Crippen molar-refractivity contribution in [2.75, 3.05) is 0 Å². The lowest BCUT2D eigenvalue weighted by Gasteiger charge is -2.07. The molecule has 0 aromatic heterocycles. The Morgan fingerprint density at radius 1 is 0.950 bits per heavy atom. The lowest BCUT2D eigenvalue weighted by atomic mass is 10.1. The summed E-state index contributed by atoms with van der Waals surface area (Å²) in [6.45, 7) is 3.90. The molecule has 1 fully saturated rings. The maximum absolute atomic E-state index is 12.6. The molecule has 0 N–H and O–H groups in total. The Balaban J connectivity index is 1.92. The summed E-state index contributed by atoms with van der Waals surface area (Å²) in [5.74, 6) is 0. The Hall–Kier alpha value is -1.65. The number of sulfonamides is 1. The van der Waals surface area contributed by atoms with Crippen LogP contribution in [0.5, 0.6) is 0 Å². The van der Waals surface area contributed by atoms with Crippen LogP contribution in [0.2, 0.25) is 0 Å². The second kappa shape index (κ2) is 4.72. The summed E-state index contributed by atoms with van der Waals surface area (Å²) in [5, 5.41) is 0. The molecule has 4 heteroatoms. The van der Waals surface area contributed by atoms with Gasteiger partial charge in [-0.15, -0.1) is 0 Å². The van der Waals surface area contributed by atoms with Crippen LogP contribution < -0.4 is 0 Å². The highest BCUT2D eigenvalue weighted by Crippen LogP contribution is 2.47. The van der Waals surface area contributed by atoms with Gasteiger partial charge in [-0.25, -0.2) is 8.42 Å². The molecule has 0 amide bonds. The van der Waals surface area contributed by atoms with E-state index < -0.39 is 10.0 Å². The Morgan fingerprint density at radius 3 is 2.15 bits per heavy atom. The lowest BCUT2D eigenvalue weighted by molar-refractivity contribution is 0.548. The zero-order chi connectivity index (χ0) is 14.3. The maximum Gasteiger partial charge on any atom is 0.243 e. The third-order valence-electron chi connectivity index (χ3n) is 3.78. The van der Waals surface area contributed by atoms with Crippen LogP contribution in [0.3, 0.4) is 0 Å². The minimum absolute atomic E-state index is 0.0173. The van der Waals surface area contributed by atoms with Crippen LogP contribution in [0.15, 0.2) is 59.5 Å². The van der Waals surface area contributed by atoms with E-state index in [0.717, 1.165) is 11.1 Å². The summed E-state index contributed by atoms with van der Waals surface area (Å²) in [7, 11) is -3.40. The second-order valence-corrected chi connectivity index (χ2v) is 7.09. The molecule has 2 unspecified atom stereocenters. The standard InChI is InChI=1S/C16H17NO2S/c1-12-8-10-15(11-9-12)20(18,19)17-13(2)16(17)14-6-4-3-5-7-14/h3-11,13,16H,1-2H3/t13-,16?,17?/m1/s1. The van der Waals surface area contributed by atoms with Gasteiger partial charge in [-0.2, -0.15) is 4.31 Å². The topological polar surface area (TPSA) is 37.1 Å². The van der Waals surface area contributed by atoms with E-state index >= 15 is 0 Å². The predicted octanol–water partition coefficient (Wildman–Crippen LogP) is 3.13. The van der Waals surface area contributed by atoms with Crippen LogP contribution in [0.4, 0.5) is 0 Å². The van der Waals surface area contributed by atoms with Crippen LogP contribution >= 0.6 is 0 Å². The van der Waals surface area contributed by atoms with E-state index in [9.17, 15) is 8.42 Å². The van der Waals surface area contributed by atoms with Crippen LogP contribution in [0.1, 0.15) is 24.1 Å². The van der Waals surface area contributed by atoms with Crippen molar-refractivity contribution in [2.24, 2.45) is 0 Å². The van der Waals surface area contributed by atoms with Gasteiger partial charge in [0.25, 0.3) is 0 Å². The van der Waals surface area contributed by atoms with Gasteiger partial charge in [0.1, 0.15) is 0 Å². The normalized spacial score (nSPS) is 25.4. The Labute approximate surface area is 119 Å². The zero-order valence-electron chi connectivity index (χ0n) is 11.5. The maximum atomic E-state index is 12.6. The Kier molecular flexibility index (Phi) is 3.15. The van der Waals surface area contributed by atoms with Gasteiger partial charge in [-0.3, -0.25) is 0 Å². The van der Waals surface area contributed by atoms with Crippen molar-refractivity contribution in [3.05, 3.63) is 65.7 Å². The second-order valence-electron chi connectivity index (χ2n) is 5.24. The first-order valence-electron chi connectivity index (χ1n) is 6.67. The number of nitrogens with zero attached hydrogens (tertiary/aromatic N) is 1. The first-order chi connectivity index (χ1) is 9.51. The highest BCUT2D eigenvalue weighted by Gasteiger charge is 2.53. The van der Waals surface area contributed by atoms with Crippen molar-refractivity contribution in [3.63, 3.8) is 0 Å². The molecule has 3 nitrogen and oxygen atoms in total. The summed E-state index contributed by atoms with van der Waals surface area (Å²) in [6.07, 6.45) is 0. The van der Waals surface area contributed by atoms with Gasteiger partial charge < -0.3 is 0 Å². The molecule has 0 aliphatic carbocycles. The molecular formula is C16H17NO2S. The number of aryl methyl sites for hydroxylation is 1. The summed E-state index contributed by atoms with van der Waals surface area (Å²) >= 11 is 0. The van der Waals surface area contributed by atoms with Gasteiger partial charge in [-0.1, -0.05) is 48.0 Å². The van der Waals surface area contributed by atoms with Gasteiger partial charge in [0.15, 0.2) is 0 Å². The molecule has 1 saturated heterocycles. The van der Waals surface area contributed by atoms with Crippen LogP contribution in [0, 0.1) is 6.92 Å². The average molecular weight is 287 g/mol. The highest BCUT2D eigenvalue weighted by molar-refractivity contribution is 7.89. The van der Waals surface area contributed by atoms with Crippen LogP contribution in [-0.2, 0) is 10.0 Å². The third-order valence-corrected chi connectivity index (χ3v) is 5.76. The fourth-order valence-electron chi connectivity index (χ4n) is 2.60. The minimum atomic E-state index is -3.40. The summed E-state index contributed by atoms with van der Waals surface area (Å²) < 4.78 is 26.8. The van der Waals surface area contributed by atoms with E-state index in [1.807, 2.05) is 56.3 Å². The lowest BCUT2D eigenvalue weighted by Crippen LogP contribution is -2.14. The van der Waals surface area contributed by atoms with E-state index in [-0.39, 0.29) is 12.1 Å². The molecule has 0 spiro atoms. The van der Waals surface area contributed by atoms with Crippen molar-refractivity contribution >= 4 is 10.0 Å². The summed E-state index contributed by atoms with van der Waals surface area (Å²) in [4.78, 5) is 0.369. The fraction of sp³-hybridized carbons (Fsp3) is 0.250. The van der Waals surface area contributed by atoms with Gasteiger partial charge in [-0.05, 0) is 31.5 Å². The predicted molar refractivity (Wildman–Crippen MR) is 78.8 cm³/mol. The van der Waals surface area contributed by atoms with Crippen molar-refractivity contribution < 1.29 is 8.42 Å². The molecule has 104 valence electrons. The van der Waals surface area contributed by atoms with E-state index in [2.05, 4.69) is 0 Å². The number of rotatable bonds is 3. The Morgan fingerprint density at radius 2 is 1.55 bits per heavy atom. The van der Waals surface area contributed by atoms with E-state index in [4.69, 9.17) is 0 Å². The smallest absolute Gasteiger partial charge is 0.207 e. The van der Waals surface area contributed by atoms with Crippen LogP contribution in [0.25, 0.3) is 0 Å². The molecule has 1 heterocycles. The van der Waals surface area contributed by atoms with E-state index in [1.54, 1.807) is 16.4 Å². The SMILES string of the molecule is Cc1ccc(S(=O)(=O)N2C(c3ccccc3)[C@H]2C)cc1. The number of hydrogen-bond acceptors (Lipinski definition) is 2. The molecule has 1 aliphatic rings. The molecule has 2 aromatic rings. The minimum Gasteiger partial charge on any atom is -0.207 e. The number of benzene rings is 2. The third kappa shape index (κ3) is 2.15. The van der Waals surface area contributed by atoms with Gasteiger partial charge in [0.2, 0.25) is 10.0 Å². The number of hydrogen-bond donors (Lipinski definition) is 0. The van der Waals surface area contributed by atoms with Crippen molar-refractivity contribution in [3.8, 4) is 0 Å². The first kappa shape index (κ1) is 13.3.